The maximum Gasteiger partial charge on any atom is 0.120 e. The molecule has 2 N–H and O–H groups in total. The van der Waals surface area contributed by atoms with E-state index in [1.807, 2.05) is 31.2 Å². The Hall–Kier alpha value is -1.06. The van der Waals surface area contributed by atoms with E-state index in [0.29, 0.717) is 6.61 Å². The first kappa shape index (κ1) is 13.0. The molecular formula is C13H21NO2. The smallest absolute Gasteiger partial charge is 0.120 e. The Morgan fingerprint density at radius 2 is 2.12 bits per heavy atom. The minimum Gasteiger partial charge on any atom is -0.489 e. The van der Waals surface area contributed by atoms with E-state index >= 15 is 0 Å². The lowest BCUT2D eigenvalue weighted by atomic mass is 10.1. The SMILES string of the molecule is CCC(N)C(C)Oc1cccc(COC)c1. The highest BCUT2D eigenvalue weighted by Gasteiger charge is 2.12. The Balaban J connectivity index is 2.62. The quantitative estimate of drug-likeness (QED) is 0.805. The molecule has 2 atom stereocenters. The van der Waals surface area contributed by atoms with Gasteiger partial charge in [-0.15, -0.1) is 0 Å². The van der Waals surface area contributed by atoms with Gasteiger partial charge in [-0.2, -0.15) is 0 Å². The zero-order valence-electron chi connectivity index (χ0n) is 10.3. The molecule has 0 fully saturated rings. The van der Waals surface area contributed by atoms with E-state index in [9.17, 15) is 0 Å². The van der Waals surface area contributed by atoms with Gasteiger partial charge in [0.2, 0.25) is 0 Å². The molecule has 1 aromatic carbocycles. The molecule has 0 saturated heterocycles. The number of nitrogens with two attached hydrogens (primary N) is 1. The number of methoxy groups -OCH3 is 1. The Bertz CT molecular complexity index is 315. The maximum absolute atomic E-state index is 5.91. The standard InChI is InChI=1S/C13H21NO2/c1-4-13(14)10(2)16-12-7-5-6-11(8-12)9-15-3/h5-8,10,13H,4,9,14H2,1-3H3. The third-order valence-corrected chi connectivity index (χ3v) is 2.61. The topological polar surface area (TPSA) is 44.5 Å². The second-order valence-corrected chi connectivity index (χ2v) is 3.98. The van der Waals surface area contributed by atoms with Gasteiger partial charge in [-0.25, -0.2) is 0 Å². The zero-order valence-corrected chi connectivity index (χ0v) is 10.3. The van der Waals surface area contributed by atoms with Crippen LogP contribution in [0.25, 0.3) is 0 Å². The van der Waals surface area contributed by atoms with Crippen LogP contribution in [0.2, 0.25) is 0 Å². The Morgan fingerprint density at radius 1 is 1.38 bits per heavy atom. The third-order valence-electron chi connectivity index (χ3n) is 2.61. The second-order valence-electron chi connectivity index (χ2n) is 3.98. The van der Waals surface area contributed by atoms with Gasteiger partial charge in [-0.1, -0.05) is 19.1 Å². The summed E-state index contributed by atoms with van der Waals surface area (Å²) in [5.41, 5.74) is 7.02. The molecule has 0 bridgehead atoms. The Kier molecular flexibility index (Phi) is 5.29. The molecule has 0 spiro atoms. The van der Waals surface area contributed by atoms with Crippen molar-refractivity contribution >= 4 is 0 Å². The van der Waals surface area contributed by atoms with E-state index < -0.39 is 0 Å². The molecule has 0 saturated carbocycles. The Labute approximate surface area is 97.6 Å². The number of benzene rings is 1. The van der Waals surface area contributed by atoms with Crippen molar-refractivity contribution in [2.45, 2.75) is 39.0 Å². The van der Waals surface area contributed by atoms with E-state index in [2.05, 4.69) is 6.92 Å². The molecule has 2 unspecified atom stereocenters. The van der Waals surface area contributed by atoms with Gasteiger partial charge in [-0.3, -0.25) is 0 Å². The fraction of sp³-hybridized carbons (Fsp3) is 0.538. The highest BCUT2D eigenvalue weighted by molar-refractivity contribution is 5.28. The highest BCUT2D eigenvalue weighted by atomic mass is 16.5. The summed E-state index contributed by atoms with van der Waals surface area (Å²) >= 11 is 0. The molecule has 0 amide bonds. The average molecular weight is 223 g/mol. The van der Waals surface area contributed by atoms with Gasteiger partial charge in [0.1, 0.15) is 11.9 Å². The van der Waals surface area contributed by atoms with Crippen molar-refractivity contribution in [3.8, 4) is 5.75 Å². The first-order valence-electron chi connectivity index (χ1n) is 5.67. The number of rotatable bonds is 6. The first-order chi connectivity index (χ1) is 7.67. The van der Waals surface area contributed by atoms with Crippen LogP contribution in [0.5, 0.6) is 5.75 Å². The lowest BCUT2D eigenvalue weighted by Crippen LogP contribution is -2.35. The number of hydrogen-bond acceptors (Lipinski definition) is 3. The van der Waals surface area contributed by atoms with Crippen LogP contribution in [0.3, 0.4) is 0 Å². The van der Waals surface area contributed by atoms with Crippen LogP contribution in [0.15, 0.2) is 24.3 Å². The lowest BCUT2D eigenvalue weighted by Gasteiger charge is -2.20. The summed E-state index contributed by atoms with van der Waals surface area (Å²) in [6.45, 7) is 4.66. The predicted octanol–water partition coefficient (Wildman–Crippen LogP) is 2.34. The second kappa shape index (κ2) is 6.51. The molecule has 3 heteroatoms. The predicted molar refractivity (Wildman–Crippen MR) is 65.5 cm³/mol. The monoisotopic (exact) mass is 223 g/mol. The molecule has 0 aromatic heterocycles. The van der Waals surface area contributed by atoms with Crippen molar-refractivity contribution in [3.63, 3.8) is 0 Å². The van der Waals surface area contributed by atoms with Crippen molar-refractivity contribution in [2.24, 2.45) is 5.73 Å². The van der Waals surface area contributed by atoms with Crippen molar-refractivity contribution in [3.05, 3.63) is 29.8 Å². The molecule has 0 heterocycles. The van der Waals surface area contributed by atoms with Crippen LogP contribution in [-0.2, 0) is 11.3 Å². The van der Waals surface area contributed by atoms with Crippen LogP contribution >= 0.6 is 0 Å². The fourth-order valence-electron chi connectivity index (χ4n) is 1.51. The molecular weight excluding hydrogens is 202 g/mol. The minimum absolute atomic E-state index is 0.0304. The van der Waals surface area contributed by atoms with Crippen molar-refractivity contribution in [1.29, 1.82) is 0 Å². The highest BCUT2D eigenvalue weighted by Crippen LogP contribution is 2.16. The molecule has 0 aliphatic rings. The van der Waals surface area contributed by atoms with E-state index in [4.69, 9.17) is 15.2 Å². The minimum atomic E-state index is 0.0304. The van der Waals surface area contributed by atoms with Crippen molar-refractivity contribution < 1.29 is 9.47 Å². The number of ether oxygens (including phenoxy) is 2. The fourth-order valence-corrected chi connectivity index (χ4v) is 1.51. The molecule has 0 aliphatic carbocycles. The molecule has 0 radical (unpaired) electrons. The zero-order chi connectivity index (χ0) is 12.0. The summed E-state index contributed by atoms with van der Waals surface area (Å²) in [6, 6.07) is 7.99. The van der Waals surface area contributed by atoms with Crippen molar-refractivity contribution in [2.75, 3.05) is 7.11 Å². The summed E-state index contributed by atoms with van der Waals surface area (Å²) in [5, 5.41) is 0. The van der Waals surface area contributed by atoms with Crippen LogP contribution in [-0.4, -0.2) is 19.3 Å². The van der Waals surface area contributed by atoms with Crippen LogP contribution in [0, 0.1) is 0 Å². The molecule has 16 heavy (non-hydrogen) atoms. The maximum atomic E-state index is 5.91. The third kappa shape index (κ3) is 3.83. The van der Waals surface area contributed by atoms with Crippen LogP contribution < -0.4 is 10.5 Å². The molecule has 3 nitrogen and oxygen atoms in total. The largest absolute Gasteiger partial charge is 0.489 e. The van der Waals surface area contributed by atoms with Crippen LogP contribution in [0.1, 0.15) is 25.8 Å². The normalized spacial score (nSPS) is 14.5. The van der Waals surface area contributed by atoms with Gasteiger partial charge in [0.05, 0.1) is 6.61 Å². The lowest BCUT2D eigenvalue weighted by molar-refractivity contribution is 0.178. The number of hydrogen-bond donors (Lipinski definition) is 1. The first-order valence-corrected chi connectivity index (χ1v) is 5.67. The summed E-state index contributed by atoms with van der Waals surface area (Å²) in [4.78, 5) is 0. The van der Waals surface area contributed by atoms with Gasteiger partial charge in [0.15, 0.2) is 0 Å². The van der Waals surface area contributed by atoms with Gasteiger partial charge in [0.25, 0.3) is 0 Å². The Morgan fingerprint density at radius 3 is 2.75 bits per heavy atom. The summed E-state index contributed by atoms with van der Waals surface area (Å²) in [6.07, 6.45) is 0.946. The van der Waals surface area contributed by atoms with E-state index in [0.717, 1.165) is 17.7 Å². The molecule has 90 valence electrons. The van der Waals surface area contributed by atoms with Gasteiger partial charge in [-0.05, 0) is 31.0 Å². The molecule has 1 aromatic rings. The van der Waals surface area contributed by atoms with Gasteiger partial charge >= 0.3 is 0 Å². The van der Waals surface area contributed by atoms with Crippen molar-refractivity contribution in [1.82, 2.24) is 0 Å². The average Bonchev–Trinajstić information content (AvgIpc) is 2.29. The summed E-state index contributed by atoms with van der Waals surface area (Å²) < 4.78 is 10.8. The van der Waals surface area contributed by atoms with Gasteiger partial charge < -0.3 is 15.2 Å². The molecule has 1 rings (SSSR count). The molecule has 0 aliphatic heterocycles. The summed E-state index contributed by atoms with van der Waals surface area (Å²) in [5.74, 6) is 0.853. The van der Waals surface area contributed by atoms with Gasteiger partial charge in [0, 0.05) is 13.2 Å². The van der Waals surface area contributed by atoms with Crippen LogP contribution in [0.4, 0.5) is 0 Å². The van der Waals surface area contributed by atoms with E-state index in [-0.39, 0.29) is 12.1 Å². The summed E-state index contributed by atoms with van der Waals surface area (Å²) in [7, 11) is 1.68. The van der Waals surface area contributed by atoms with E-state index in [1.54, 1.807) is 7.11 Å². The van der Waals surface area contributed by atoms with E-state index in [1.165, 1.54) is 0 Å².